The Kier molecular flexibility index (Phi) is 6.45. The molecule has 132 valence electrons. The molecular weight excluding hydrogens is 334 g/mol. The number of carbonyl (C=O) groups excluding carboxylic acids is 1. The predicted molar refractivity (Wildman–Crippen MR) is 89.5 cm³/mol. The van der Waals surface area contributed by atoms with Crippen LogP contribution >= 0.6 is 11.6 Å². The van der Waals surface area contributed by atoms with E-state index < -0.39 is 17.9 Å². The fourth-order valence-corrected chi connectivity index (χ4v) is 2.87. The molecule has 24 heavy (non-hydrogen) atoms. The minimum Gasteiger partial charge on any atom is -0.484 e. The summed E-state index contributed by atoms with van der Waals surface area (Å²) in [6.45, 7) is 4.43. The third kappa shape index (κ3) is 4.85. The van der Waals surface area contributed by atoms with E-state index in [4.69, 9.17) is 21.1 Å². The zero-order valence-electron chi connectivity index (χ0n) is 13.8. The first-order valence-electron chi connectivity index (χ1n) is 7.88. The second kappa shape index (κ2) is 8.35. The zero-order valence-corrected chi connectivity index (χ0v) is 14.6. The van der Waals surface area contributed by atoms with Crippen molar-refractivity contribution in [1.29, 1.82) is 0 Å². The van der Waals surface area contributed by atoms with E-state index in [2.05, 4.69) is 5.32 Å². The topological polar surface area (TPSA) is 84.9 Å². The lowest BCUT2D eigenvalue weighted by molar-refractivity contribution is -0.145. The molecule has 1 aromatic rings. The lowest BCUT2D eigenvalue weighted by Crippen LogP contribution is -2.49. The first kappa shape index (κ1) is 18.5. The molecule has 1 heterocycles. The van der Waals surface area contributed by atoms with E-state index in [1.807, 2.05) is 13.8 Å². The van der Waals surface area contributed by atoms with Crippen LogP contribution in [0.2, 0.25) is 5.02 Å². The van der Waals surface area contributed by atoms with Gasteiger partial charge in [-0.1, -0.05) is 11.6 Å². The van der Waals surface area contributed by atoms with E-state index in [0.717, 1.165) is 17.5 Å². The summed E-state index contributed by atoms with van der Waals surface area (Å²) in [6.07, 6.45) is 1.51. The van der Waals surface area contributed by atoms with Crippen LogP contribution in [0, 0.1) is 19.8 Å². The number of nitrogens with one attached hydrogen (secondary N) is 1. The quantitative estimate of drug-likeness (QED) is 0.818. The van der Waals surface area contributed by atoms with Gasteiger partial charge in [0.25, 0.3) is 5.91 Å². The number of carboxylic acid groups (broad SMARTS) is 1. The molecule has 0 radical (unpaired) electrons. The average molecular weight is 356 g/mol. The number of carbonyl (C=O) groups is 2. The van der Waals surface area contributed by atoms with Gasteiger partial charge < -0.3 is 19.9 Å². The van der Waals surface area contributed by atoms with Gasteiger partial charge in [0, 0.05) is 17.5 Å². The zero-order chi connectivity index (χ0) is 17.7. The maximum absolute atomic E-state index is 12.0. The van der Waals surface area contributed by atoms with Crippen LogP contribution in [0.1, 0.15) is 24.0 Å². The number of aliphatic carboxylic acids is 1. The van der Waals surface area contributed by atoms with Crippen molar-refractivity contribution < 1.29 is 24.2 Å². The highest BCUT2D eigenvalue weighted by atomic mass is 35.5. The molecule has 2 rings (SSSR count). The molecule has 1 aromatic carbocycles. The fraction of sp³-hybridized carbons (Fsp3) is 0.529. The Bertz CT molecular complexity index is 590. The number of aryl methyl sites for hydroxylation is 2. The molecule has 2 atom stereocenters. The minimum atomic E-state index is -1.06. The van der Waals surface area contributed by atoms with Crippen molar-refractivity contribution in [3.05, 3.63) is 28.3 Å². The van der Waals surface area contributed by atoms with Gasteiger partial charge >= 0.3 is 5.97 Å². The van der Waals surface area contributed by atoms with Gasteiger partial charge in [-0.2, -0.15) is 0 Å². The van der Waals surface area contributed by atoms with Crippen LogP contribution in [0.15, 0.2) is 12.1 Å². The number of halogens is 1. The van der Waals surface area contributed by atoms with E-state index in [0.29, 0.717) is 30.4 Å². The number of amides is 1. The molecule has 0 saturated carbocycles. The van der Waals surface area contributed by atoms with Gasteiger partial charge in [0.1, 0.15) is 11.8 Å². The molecule has 1 amide bonds. The van der Waals surface area contributed by atoms with Gasteiger partial charge in [0.2, 0.25) is 0 Å². The summed E-state index contributed by atoms with van der Waals surface area (Å²) in [7, 11) is 0. The van der Waals surface area contributed by atoms with Gasteiger partial charge in [0.05, 0.1) is 6.61 Å². The summed E-state index contributed by atoms with van der Waals surface area (Å²) in [5, 5.41) is 12.5. The largest absolute Gasteiger partial charge is 0.484 e. The molecule has 6 nitrogen and oxygen atoms in total. The van der Waals surface area contributed by atoms with Crippen molar-refractivity contribution in [3.8, 4) is 5.75 Å². The molecule has 2 unspecified atom stereocenters. The molecule has 0 spiro atoms. The normalized spacial score (nSPS) is 18.7. The van der Waals surface area contributed by atoms with Gasteiger partial charge in [-0.25, -0.2) is 4.79 Å². The number of carboxylic acids is 1. The highest BCUT2D eigenvalue weighted by Gasteiger charge is 2.31. The average Bonchev–Trinajstić information content (AvgIpc) is 2.56. The van der Waals surface area contributed by atoms with Crippen molar-refractivity contribution in [2.24, 2.45) is 5.92 Å². The van der Waals surface area contributed by atoms with Crippen molar-refractivity contribution in [3.63, 3.8) is 0 Å². The van der Waals surface area contributed by atoms with Crippen molar-refractivity contribution in [1.82, 2.24) is 5.32 Å². The fourth-order valence-electron chi connectivity index (χ4n) is 2.76. The first-order valence-corrected chi connectivity index (χ1v) is 8.25. The molecule has 1 aliphatic rings. The lowest BCUT2D eigenvalue weighted by Gasteiger charge is -2.28. The van der Waals surface area contributed by atoms with E-state index in [-0.39, 0.29) is 12.5 Å². The standard InChI is InChI=1S/C17H22ClNO5/c1-10-6-13(7-11(2)15(10)18)24-9-14(20)19-16(17(21)22)12-4-3-5-23-8-12/h6-7,12,16H,3-5,8-9H2,1-2H3,(H,19,20)(H,21,22). The van der Waals surface area contributed by atoms with Crippen LogP contribution in [0.5, 0.6) is 5.75 Å². The third-order valence-corrected chi connectivity index (χ3v) is 4.63. The second-order valence-electron chi connectivity index (χ2n) is 6.02. The monoisotopic (exact) mass is 355 g/mol. The maximum Gasteiger partial charge on any atom is 0.326 e. The van der Waals surface area contributed by atoms with E-state index in [1.165, 1.54) is 0 Å². The highest BCUT2D eigenvalue weighted by Crippen LogP contribution is 2.25. The molecule has 0 aromatic heterocycles. The Morgan fingerprint density at radius 1 is 1.42 bits per heavy atom. The molecule has 0 bridgehead atoms. The van der Waals surface area contributed by atoms with Crippen LogP contribution in [-0.2, 0) is 14.3 Å². The number of hydrogen-bond acceptors (Lipinski definition) is 4. The van der Waals surface area contributed by atoms with Crippen LogP contribution in [0.4, 0.5) is 0 Å². The van der Waals surface area contributed by atoms with E-state index >= 15 is 0 Å². The second-order valence-corrected chi connectivity index (χ2v) is 6.40. The van der Waals surface area contributed by atoms with Crippen molar-refractivity contribution >= 4 is 23.5 Å². The SMILES string of the molecule is Cc1cc(OCC(=O)NC(C(=O)O)C2CCCOC2)cc(C)c1Cl. The van der Waals surface area contributed by atoms with Gasteiger partial charge in [-0.05, 0) is 49.9 Å². The highest BCUT2D eigenvalue weighted by molar-refractivity contribution is 6.32. The maximum atomic E-state index is 12.0. The lowest BCUT2D eigenvalue weighted by atomic mass is 9.93. The number of benzene rings is 1. The van der Waals surface area contributed by atoms with E-state index in [1.54, 1.807) is 12.1 Å². The minimum absolute atomic E-state index is 0.222. The molecule has 0 aliphatic carbocycles. The van der Waals surface area contributed by atoms with Crippen LogP contribution in [0.3, 0.4) is 0 Å². The van der Waals surface area contributed by atoms with Crippen molar-refractivity contribution in [2.75, 3.05) is 19.8 Å². The Balaban J connectivity index is 1.92. The third-order valence-electron chi connectivity index (χ3n) is 4.03. The molecule has 1 saturated heterocycles. The summed E-state index contributed by atoms with van der Waals surface area (Å²) < 4.78 is 10.8. The molecule has 2 N–H and O–H groups in total. The first-order chi connectivity index (χ1) is 11.4. The summed E-state index contributed by atoms with van der Waals surface area (Å²) >= 11 is 6.09. The molecule has 7 heteroatoms. The van der Waals surface area contributed by atoms with Gasteiger partial charge in [-0.15, -0.1) is 0 Å². The van der Waals surface area contributed by atoms with Crippen LogP contribution in [0.25, 0.3) is 0 Å². The number of ether oxygens (including phenoxy) is 2. The summed E-state index contributed by atoms with van der Waals surface area (Å²) in [5.41, 5.74) is 1.71. The summed E-state index contributed by atoms with van der Waals surface area (Å²) in [6, 6.07) is 2.52. The Morgan fingerprint density at radius 2 is 2.08 bits per heavy atom. The van der Waals surface area contributed by atoms with E-state index in [9.17, 15) is 14.7 Å². The van der Waals surface area contributed by atoms with Gasteiger partial charge in [-0.3, -0.25) is 4.79 Å². The smallest absolute Gasteiger partial charge is 0.326 e. The molecule has 1 fully saturated rings. The Morgan fingerprint density at radius 3 is 2.62 bits per heavy atom. The predicted octanol–water partition coefficient (Wildman–Crippen LogP) is 2.33. The Hall–Kier alpha value is -1.79. The van der Waals surface area contributed by atoms with Crippen LogP contribution < -0.4 is 10.1 Å². The molecular formula is C17H22ClNO5. The summed E-state index contributed by atoms with van der Waals surface area (Å²) in [5.74, 6) is -1.23. The Labute approximate surface area is 146 Å². The molecule has 1 aliphatic heterocycles. The van der Waals surface area contributed by atoms with Gasteiger partial charge in [0.15, 0.2) is 6.61 Å². The number of rotatable bonds is 6. The number of hydrogen-bond donors (Lipinski definition) is 2. The van der Waals surface area contributed by atoms with Crippen LogP contribution in [-0.4, -0.2) is 42.8 Å². The van der Waals surface area contributed by atoms with Crippen molar-refractivity contribution in [2.45, 2.75) is 32.7 Å². The summed E-state index contributed by atoms with van der Waals surface area (Å²) in [4.78, 5) is 23.5.